The first-order chi connectivity index (χ1) is 8.49. The first kappa shape index (κ1) is 12.0. The van der Waals surface area contributed by atoms with Gasteiger partial charge in [0.05, 0.1) is 12.7 Å². The van der Waals surface area contributed by atoms with Crippen molar-refractivity contribution < 1.29 is 4.42 Å². The van der Waals surface area contributed by atoms with Crippen molar-refractivity contribution in [2.45, 2.75) is 13.5 Å². The van der Waals surface area contributed by atoms with Crippen LogP contribution in [0, 0.1) is 6.92 Å². The van der Waals surface area contributed by atoms with Crippen molar-refractivity contribution >= 4 is 11.5 Å². The molecule has 0 fully saturated rings. The number of hydrogen-bond donors (Lipinski definition) is 3. The number of aromatic nitrogens is 3. The molecule has 0 atom stereocenters. The Hall–Kier alpha value is -2.51. The third-order valence-corrected chi connectivity index (χ3v) is 2.46. The van der Waals surface area contributed by atoms with Gasteiger partial charge >= 0.3 is 5.69 Å². The largest absolute Gasteiger partial charge is 0.444 e. The number of aromatic amines is 1. The lowest BCUT2D eigenvalue weighted by atomic mass is 10.4. The third-order valence-electron chi connectivity index (χ3n) is 2.46. The Labute approximate surface area is 101 Å². The highest BCUT2D eigenvalue weighted by Crippen LogP contribution is 2.10. The fourth-order valence-corrected chi connectivity index (χ4v) is 1.45. The van der Waals surface area contributed by atoms with Gasteiger partial charge in [0.2, 0.25) is 5.89 Å². The summed E-state index contributed by atoms with van der Waals surface area (Å²) >= 11 is 0. The number of nitrogens with two attached hydrogens (primary N) is 1. The molecule has 0 saturated heterocycles. The summed E-state index contributed by atoms with van der Waals surface area (Å²) in [7, 11) is 1.47. The van der Waals surface area contributed by atoms with Crippen LogP contribution in [0.25, 0.3) is 0 Å². The molecular formula is C10H13N5O3. The number of anilines is 2. The standard InChI is InChI=1S/C10H13N5O3/c1-5-3-12-6(18-5)4-13-7-8(11)15(2)10(17)14-9(7)16/h3,13H,4,11H2,1-2H3,(H,14,16,17). The van der Waals surface area contributed by atoms with E-state index in [1.807, 2.05) is 0 Å². The van der Waals surface area contributed by atoms with Crippen LogP contribution in [0.2, 0.25) is 0 Å². The van der Waals surface area contributed by atoms with Gasteiger partial charge in [0, 0.05) is 7.05 Å². The van der Waals surface area contributed by atoms with E-state index in [-0.39, 0.29) is 18.1 Å². The molecule has 4 N–H and O–H groups in total. The molecule has 0 amide bonds. The number of aryl methyl sites for hydroxylation is 1. The lowest BCUT2D eigenvalue weighted by molar-refractivity contribution is 0.479. The molecule has 2 heterocycles. The minimum absolute atomic E-state index is 0.0621. The van der Waals surface area contributed by atoms with Crippen molar-refractivity contribution in [3.05, 3.63) is 38.7 Å². The molecule has 0 radical (unpaired) electrons. The van der Waals surface area contributed by atoms with Gasteiger partial charge in [-0.05, 0) is 6.92 Å². The van der Waals surface area contributed by atoms with Crippen LogP contribution >= 0.6 is 0 Å². The van der Waals surface area contributed by atoms with Crippen LogP contribution in [-0.4, -0.2) is 14.5 Å². The van der Waals surface area contributed by atoms with Gasteiger partial charge in [0.15, 0.2) is 0 Å². The minimum Gasteiger partial charge on any atom is -0.444 e. The molecule has 0 saturated carbocycles. The summed E-state index contributed by atoms with van der Waals surface area (Å²) in [6.45, 7) is 1.98. The number of nitrogen functional groups attached to an aromatic ring is 1. The predicted octanol–water partition coefficient (Wildman–Crippen LogP) is -0.436. The van der Waals surface area contributed by atoms with Gasteiger partial charge in [-0.2, -0.15) is 0 Å². The van der Waals surface area contributed by atoms with Crippen molar-refractivity contribution in [2.24, 2.45) is 7.05 Å². The summed E-state index contributed by atoms with van der Waals surface area (Å²) in [5, 5.41) is 2.79. The van der Waals surface area contributed by atoms with Crippen LogP contribution in [0.15, 0.2) is 20.2 Å². The number of nitrogens with one attached hydrogen (secondary N) is 2. The molecule has 0 bridgehead atoms. The Kier molecular flexibility index (Phi) is 2.92. The predicted molar refractivity (Wildman–Crippen MR) is 65.3 cm³/mol. The second-order valence-electron chi connectivity index (χ2n) is 3.80. The highest BCUT2D eigenvalue weighted by atomic mass is 16.4. The highest BCUT2D eigenvalue weighted by molar-refractivity contribution is 5.60. The molecule has 0 aliphatic heterocycles. The zero-order valence-electron chi connectivity index (χ0n) is 9.98. The van der Waals surface area contributed by atoms with E-state index in [9.17, 15) is 9.59 Å². The number of hydrogen-bond acceptors (Lipinski definition) is 6. The van der Waals surface area contributed by atoms with E-state index < -0.39 is 11.2 Å². The first-order valence-electron chi connectivity index (χ1n) is 5.23. The topological polar surface area (TPSA) is 119 Å². The maximum absolute atomic E-state index is 11.6. The monoisotopic (exact) mass is 251 g/mol. The van der Waals surface area contributed by atoms with Crippen LogP contribution in [0.3, 0.4) is 0 Å². The minimum atomic E-state index is -0.570. The highest BCUT2D eigenvalue weighted by Gasteiger charge is 2.10. The summed E-state index contributed by atoms with van der Waals surface area (Å²) in [5.74, 6) is 1.17. The Morgan fingerprint density at radius 1 is 1.56 bits per heavy atom. The molecule has 0 aliphatic rings. The second-order valence-corrected chi connectivity index (χ2v) is 3.80. The maximum atomic E-state index is 11.6. The van der Waals surface area contributed by atoms with Crippen LogP contribution < -0.4 is 22.3 Å². The van der Waals surface area contributed by atoms with E-state index in [4.69, 9.17) is 10.2 Å². The number of nitrogens with zero attached hydrogens (tertiary/aromatic N) is 2. The zero-order chi connectivity index (χ0) is 13.3. The van der Waals surface area contributed by atoms with E-state index in [2.05, 4.69) is 15.3 Å². The van der Waals surface area contributed by atoms with Gasteiger partial charge in [0.1, 0.15) is 17.3 Å². The molecule has 0 aromatic carbocycles. The lowest BCUT2D eigenvalue weighted by Gasteiger charge is -2.09. The summed E-state index contributed by atoms with van der Waals surface area (Å²) < 4.78 is 6.39. The molecule has 2 rings (SSSR count). The van der Waals surface area contributed by atoms with E-state index in [0.29, 0.717) is 11.7 Å². The molecule has 2 aromatic rings. The Bertz CT molecular complexity index is 682. The number of oxazole rings is 1. The molecular weight excluding hydrogens is 238 g/mol. The van der Waals surface area contributed by atoms with E-state index in [0.717, 1.165) is 4.57 Å². The Morgan fingerprint density at radius 3 is 2.89 bits per heavy atom. The third kappa shape index (κ3) is 2.12. The molecule has 2 aromatic heterocycles. The smallest absolute Gasteiger partial charge is 0.329 e. The average Bonchev–Trinajstić information content (AvgIpc) is 2.72. The van der Waals surface area contributed by atoms with Crippen molar-refractivity contribution in [1.82, 2.24) is 14.5 Å². The van der Waals surface area contributed by atoms with Crippen molar-refractivity contribution in [1.29, 1.82) is 0 Å². The molecule has 0 spiro atoms. The van der Waals surface area contributed by atoms with E-state index >= 15 is 0 Å². The Balaban J connectivity index is 2.27. The number of H-pyrrole nitrogens is 1. The van der Waals surface area contributed by atoms with Crippen LogP contribution in [-0.2, 0) is 13.6 Å². The molecule has 8 nitrogen and oxygen atoms in total. The Morgan fingerprint density at radius 2 is 2.28 bits per heavy atom. The molecule has 0 aliphatic carbocycles. The fourth-order valence-electron chi connectivity index (χ4n) is 1.45. The fraction of sp³-hybridized carbons (Fsp3) is 0.300. The van der Waals surface area contributed by atoms with Gasteiger partial charge in [-0.15, -0.1) is 0 Å². The van der Waals surface area contributed by atoms with Gasteiger partial charge in [-0.3, -0.25) is 14.3 Å². The SMILES string of the molecule is Cc1cnc(CNc2c(N)n(C)c(=O)[nH]c2=O)o1. The molecule has 8 heteroatoms. The van der Waals surface area contributed by atoms with Crippen LogP contribution in [0.1, 0.15) is 11.7 Å². The van der Waals surface area contributed by atoms with Crippen LogP contribution in [0.4, 0.5) is 11.5 Å². The summed E-state index contributed by atoms with van der Waals surface area (Å²) in [5.41, 5.74) is 4.67. The summed E-state index contributed by atoms with van der Waals surface area (Å²) in [6.07, 6.45) is 1.57. The zero-order valence-corrected chi connectivity index (χ0v) is 9.98. The van der Waals surface area contributed by atoms with Crippen molar-refractivity contribution in [2.75, 3.05) is 11.1 Å². The average molecular weight is 251 g/mol. The van der Waals surface area contributed by atoms with Crippen LogP contribution in [0.5, 0.6) is 0 Å². The maximum Gasteiger partial charge on any atom is 0.329 e. The summed E-state index contributed by atoms with van der Waals surface area (Å²) in [6, 6.07) is 0. The summed E-state index contributed by atoms with van der Waals surface area (Å²) in [4.78, 5) is 29.0. The van der Waals surface area contributed by atoms with Gasteiger partial charge in [0.25, 0.3) is 5.56 Å². The van der Waals surface area contributed by atoms with E-state index in [1.165, 1.54) is 7.05 Å². The second kappa shape index (κ2) is 4.40. The van der Waals surface area contributed by atoms with Gasteiger partial charge < -0.3 is 15.5 Å². The normalized spacial score (nSPS) is 10.6. The molecule has 96 valence electrons. The molecule has 18 heavy (non-hydrogen) atoms. The molecule has 0 unspecified atom stereocenters. The van der Waals surface area contributed by atoms with Crippen molar-refractivity contribution in [3.8, 4) is 0 Å². The quantitative estimate of drug-likeness (QED) is 0.680. The first-order valence-corrected chi connectivity index (χ1v) is 5.23. The van der Waals surface area contributed by atoms with Gasteiger partial charge in [-0.25, -0.2) is 9.78 Å². The van der Waals surface area contributed by atoms with Gasteiger partial charge in [-0.1, -0.05) is 0 Å². The van der Waals surface area contributed by atoms with Crippen molar-refractivity contribution in [3.63, 3.8) is 0 Å². The lowest BCUT2D eigenvalue weighted by Crippen LogP contribution is -2.32. The van der Waals surface area contributed by atoms with E-state index in [1.54, 1.807) is 13.1 Å². The number of rotatable bonds is 3.